The van der Waals surface area contributed by atoms with Gasteiger partial charge < -0.3 is 25.0 Å². The van der Waals surface area contributed by atoms with Gasteiger partial charge in [0.25, 0.3) is 5.69 Å². The highest BCUT2D eigenvalue weighted by Crippen LogP contribution is 2.42. The van der Waals surface area contributed by atoms with Crippen molar-refractivity contribution in [2.45, 2.75) is 44.9 Å². The zero-order valence-electron chi connectivity index (χ0n) is 25.2. The Labute approximate surface area is 256 Å². The predicted octanol–water partition coefficient (Wildman–Crippen LogP) is 4.84. The molecule has 0 amide bonds. The van der Waals surface area contributed by atoms with E-state index in [1.54, 1.807) is 26.8 Å². The maximum Gasteiger partial charge on any atom is 0.339 e. The first-order valence-electron chi connectivity index (χ1n) is 14.6. The van der Waals surface area contributed by atoms with Crippen LogP contribution in [-0.4, -0.2) is 53.7 Å². The first-order valence-corrected chi connectivity index (χ1v) is 14.6. The molecule has 44 heavy (non-hydrogen) atoms. The van der Waals surface area contributed by atoms with E-state index < -0.39 is 35.0 Å². The number of hydrogen-bond donors (Lipinski definition) is 2. The van der Waals surface area contributed by atoms with Crippen molar-refractivity contribution in [2.24, 2.45) is 5.73 Å². The second-order valence-corrected chi connectivity index (χ2v) is 11.8. The van der Waals surface area contributed by atoms with E-state index in [0.29, 0.717) is 28.8 Å². The topological polar surface area (TPSA) is 134 Å². The molecule has 10 nitrogen and oxygen atoms in total. The van der Waals surface area contributed by atoms with Crippen LogP contribution in [0.4, 0.5) is 5.69 Å². The van der Waals surface area contributed by atoms with E-state index in [4.69, 9.17) is 15.2 Å². The van der Waals surface area contributed by atoms with E-state index in [1.807, 2.05) is 36.4 Å². The number of ether oxygens (including phenoxy) is 2. The molecule has 3 aromatic carbocycles. The summed E-state index contributed by atoms with van der Waals surface area (Å²) in [5, 5.41) is 14.5. The van der Waals surface area contributed by atoms with E-state index in [1.165, 1.54) is 18.2 Å². The van der Waals surface area contributed by atoms with Gasteiger partial charge in [-0.3, -0.25) is 10.1 Å². The Hall–Kier alpha value is -4.96. The minimum absolute atomic E-state index is 0.00979. The third-order valence-corrected chi connectivity index (χ3v) is 8.16. The number of non-ortho nitro benzene ring substituents is 1. The lowest BCUT2D eigenvalue weighted by Crippen LogP contribution is -2.66. The third-order valence-electron chi connectivity index (χ3n) is 8.16. The molecule has 1 atom stereocenters. The van der Waals surface area contributed by atoms with Crippen molar-refractivity contribution in [2.75, 3.05) is 20.1 Å². The number of nitro groups is 1. The minimum atomic E-state index is -1.03. The standard InChI is InChI=1S/C34H36N4O6/c1-21(2)43-33(39)28-22(3)36-32(35)30(29(28)25-16-11-17-26(18-25)37(41)42)34(40)44-27-19-38(4,20-27)31(23-12-7-5-8-13-23)24-14-9-6-10-15-24/h5-18,21,27,29,31H,19-20H2,1-4H3,(H2-,35,36,39,40)/p+1. The number of rotatable bonds is 9. The summed E-state index contributed by atoms with van der Waals surface area (Å²) >= 11 is 0. The van der Waals surface area contributed by atoms with Crippen LogP contribution < -0.4 is 11.1 Å². The molecular formula is C34H37N4O6+. The average molecular weight is 598 g/mol. The van der Waals surface area contributed by atoms with E-state index in [2.05, 4.69) is 36.6 Å². The molecule has 1 fully saturated rings. The number of quaternary nitrogens is 1. The lowest BCUT2D eigenvalue weighted by Gasteiger charge is -2.51. The molecule has 0 saturated carbocycles. The largest absolute Gasteiger partial charge is 0.460 e. The number of nitrogens with one attached hydrogen (secondary N) is 1. The SMILES string of the molecule is CC1=C(C(=O)OC(C)C)C(c2cccc([N+](=O)[O-])c2)C(C(=O)OC2C[N+](C)(C(c3ccccc3)c3ccccc3)C2)=C(N)N1. The molecule has 0 aliphatic carbocycles. The molecule has 3 aromatic rings. The summed E-state index contributed by atoms with van der Waals surface area (Å²) in [6.07, 6.45) is -0.841. The van der Waals surface area contributed by atoms with Crippen LogP contribution in [0.25, 0.3) is 0 Å². The highest BCUT2D eigenvalue weighted by atomic mass is 16.6. The Morgan fingerprint density at radius 1 is 0.932 bits per heavy atom. The highest BCUT2D eigenvalue weighted by Gasteiger charge is 2.50. The summed E-state index contributed by atoms with van der Waals surface area (Å²) < 4.78 is 12.2. The van der Waals surface area contributed by atoms with Crippen molar-refractivity contribution in [3.05, 3.63) is 134 Å². The number of nitro benzene ring substituents is 1. The first kappa shape index (κ1) is 30.5. The Kier molecular flexibility index (Phi) is 8.55. The zero-order valence-corrected chi connectivity index (χ0v) is 25.2. The van der Waals surface area contributed by atoms with Crippen LogP contribution in [0, 0.1) is 10.1 Å². The number of nitrogens with two attached hydrogens (primary N) is 1. The fraction of sp³-hybridized carbons (Fsp3) is 0.294. The van der Waals surface area contributed by atoms with Gasteiger partial charge in [0.05, 0.1) is 35.1 Å². The molecule has 10 heteroatoms. The molecule has 228 valence electrons. The van der Waals surface area contributed by atoms with Gasteiger partial charge in [-0.2, -0.15) is 0 Å². The van der Waals surface area contributed by atoms with Gasteiger partial charge in [0, 0.05) is 29.0 Å². The maximum absolute atomic E-state index is 13.9. The van der Waals surface area contributed by atoms with Crippen LogP contribution in [0.15, 0.2) is 108 Å². The van der Waals surface area contributed by atoms with E-state index >= 15 is 0 Å². The fourth-order valence-corrected chi connectivity index (χ4v) is 6.34. The lowest BCUT2D eigenvalue weighted by atomic mass is 9.81. The van der Waals surface area contributed by atoms with Gasteiger partial charge in [-0.1, -0.05) is 72.8 Å². The van der Waals surface area contributed by atoms with Gasteiger partial charge in [-0.05, 0) is 26.3 Å². The van der Waals surface area contributed by atoms with Crippen LogP contribution in [0.5, 0.6) is 0 Å². The van der Waals surface area contributed by atoms with Crippen molar-refractivity contribution in [1.82, 2.24) is 5.32 Å². The smallest absolute Gasteiger partial charge is 0.339 e. The predicted molar refractivity (Wildman–Crippen MR) is 165 cm³/mol. The second-order valence-electron chi connectivity index (χ2n) is 11.8. The Morgan fingerprint density at radius 2 is 1.52 bits per heavy atom. The van der Waals surface area contributed by atoms with Crippen LogP contribution in [0.2, 0.25) is 0 Å². The number of carbonyl (C=O) groups excluding carboxylic acids is 2. The van der Waals surface area contributed by atoms with Crippen LogP contribution >= 0.6 is 0 Å². The highest BCUT2D eigenvalue weighted by molar-refractivity contribution is 6.00. The van der Waals surface area contributed by atoms with Crippen LogP contribution in [-0.2, 0) is 19.1 Å². The number of likely N-dealkylation sites (tertiary alicyclic amines) is 1. The van der Waals surface area contributed by atoms with Gasteiger partial charge in [0.1, 0.15) is 25.0 Å². The summed E-state index contributed by atoms with van der Waals surface area (Å²) in [6.45, 7) is 6.20. The van der Waals surface area contributed by atoms with Crippen molar-refractivity contribution in [3.8, 4) is 0 Å². The second kappa shape index (κ2) is 12.3. The Morgan fingerprint density at radius 3 is 2.07 bits per heavy atom. The molecule has 2 aliphatic heterocycles. The average Bonchev–Trinajstić information content (AvgIpc) is 2.96. The van der Waals surface area contributed by atoms with Gasteiger partial charge >= 0.3 is 11.9 Å². The molecule has 3 N–H and O–H groups in total. The number of allylic oxidation sites excluding steroid dienone is 1. The van der Waals surface area contributed by atoms with Crippen LogP contribution in [0.1, 0.15) is 49.4 Å². The Bertz CT molecular complexity index is 1590. The quantitative estimate of drug-likeness (QED) is 0.155. The normalized spacial score (nSPS) is 21.5. The van der Waals surface area contributed by atoms with E-state index in [9.17, 15) is 19.7 Å². The molecule has 2 heterocycles. The monoisotopic (exact) mass is 597 g/mol. The van der Waals surface area contributed by atoms with Crippen LogP contribution in [0.3, 0.4) is 0 Å². The number of esters is 2. The summed E-state index contributed by atoms with van der Waals surface area (Å²) in [5.74, 6) is -2.35. The number of dihydropyridines is 1. The number of hydrogen-bond acceptors (Lipinski definition) is 8. The summed E-state index contributed by atoms with van der Waals surface area (Å²) in [6, 6.07) is 26.3. The van der Waals surface area contributed by atoms with Gasteiger partial charge in [-0.25, -0.2) is 9.59 Å². The first-order chi connectivity index (χ1) is 21.0. The number of nitrogens with zero attached hydrogens (tertiary/aromatic N) is 2. The molecule has 1 unspecified atom stereocenters. The molecular weight excluding hydrogens is 560 g/mol. The zero-order chi connectivity index (χ0) is 31.6. The molecule has 2 aliphatic rings. The number of carbonyl (C=O) groups is 2. The summed E-state index contributed by atoms with van der Waals surface area (Å²) in [5.41, 5.74) is 9.43. The number of benzene rings is 3. The van der Waals surface area contributed by atoms with Gasteiger partial charge in [0.15, 0.2) is 6.10 Å². The van der Waals surface area contributed by atoms with Crippen molar-refractivity contribution in [3.63, 3.8) is 0 Å². The molecule has 5 rings (SSSR count). The van der Waals surface area contributed by atoms with Gasteiger partial charge in [0.2, 0.25) is 0 Å². The van der Waals surface area contributed by atoms with E-state index in [0.717, 1.165) is 11.1 Å². The van der Waals surface area contributed by atoms with Crippen molar-refractivity contribution < 1.29 is 28.5 Å². The number of likely N-dealkylation sites (N-methyl/N-ethyl adjacent to an activating group) is 1. The molecule has 1 saturated heterocycles. The minimum Gasteiger partial charge on any atom is -0.460 e. The molecule has 0 bridgehead atoms. The van der Waals surface area contributed by atoms with Crippen molar-refractivity contribution in [1.29, 1.82) is 0 Å². The summed E-state index contributed by atoms with van der Waals surface area (Å²) in [7, 11) is 2.14. The van der Waals surface area contributed by atoms with Gasteiger partial charge in [-0.15, -0.1) is 0 Å². The van der Waals surface area contributed by atoms with E-state index in [-0.39, 0.29) is 28.7 Å². The fourth-order valence-electron chi connectivity index (χ4n) is 6.34. The maximum atomic E-state index is 13.9. The molecule has 0 radical (unpaired) electrons. The van der Waals surface area contributed by atoms with Crippen molar-refractivity contribution >= 4 is 17.6 Å². The summed E-state index contributed by atoms with van der Waals surface area (Å²) in [4.78, 5) is 38.3. The third kappa shape index (κ3) is 6.07. The molecule has 0 aromatic heterocycles. The Balaban J connectivity index is 1.44. The molecule has 0 spiro atoms. The lowest BCUT2D eigenvalue weighted by molar-refractivity contribution is -0.976.